The van der Waals surface area contributed by atoms with Gasteiger partial charge in [-0.05, 0) is 36.1 Å². The van der Waals surface area contributed by atoms with Gasteiger partial charge < -0.3 is 20.6 Å². The molecule has 1 aliphatic heterocycles. The summed E-state index contributed by atoms with van der Waals surface area (Å²) >= 11 is 0. The van der Waals surface area contributed by atoms with Gasteiger partial charge in [0, 0.05) is 18.8 Å². The molecule has 0 spiro atoms. The number of urea groups is 1. The fourth-order valence-electron chi connectivity index (χ4n) is 3.79. The van der Waals surface area contributed by atoms with Crippen LogP contribution < -0.4 is 10.6 Å². The molecule has 1 aliphatic rings. The zero-order valence-electron chi connectivity index (χ0n) is 18.1. The van der Waals surface area contributed by atoms with Crippen LogP contribution in [0.2, 0.25) is 0 Å². The molecule has 2 unspecified atom stereocenters. The molecule has 3 rings (SSSR count). The van der Waals surface area contributed by atoms with Crippen molar-refractivity contribution in [3.05, 3.63) is 71.4 Å². The number of amides is 3. The van der Waals surface area contributed by atoms with Crippen molar-refractivity contribution >= 4 is 53.2 Å². The van der Waals surface area contributed by atoms with Crippen molar-refractivity contribution in [3.8, 4) is 11.1 Å². The van der Waals surface area contributed by atoms with Gasteiger partial charge in [0.05, 0.1) is 12.5 Å². The van der Waals surface area contributed by atoms with E-state index in [2.05, 4.69) is 10.6 Å². The molecule has 2 atom stereocenters. The zero-order valence-corrected chi connectivity index (χ0v) is 18.1. The van der Waals surface area contributed by atoms with Crippen LogP contribution in [0.25, 0.3) is 11.1 Å². The number of carbonyl (C=O) groups excluding carboxylic acids is 3. The summed E-state index contributed by atoms with van der Waals surface area (Å²) in [5.41, 5.74) is 3.69. The van der Waals surface area contributed by atoms with Crippen LogP contribution >= 0.6 is 0 Å². The van der Waals surface area contributed by atoms with Crippen molar-refractivity contribution < 1.29 is 24.3 Å². The van der Waals surface area contributed by atoms with Crippen molar-refractivity contribution in [2.75, 3.05) is 7.05 Å². The number of nitrogens with zero attached hydrogens (tertiary/aromatic N) is 1. The second kappa shape index (κ2) is 11.3. The second-order valence-electron chi connectivity index (χ2n) is 7.71. The number of carboxylic acids is 1. The fourth-order valence-corrected chi connectivity index (χ4v) is 3.79. The van der Waals surface area contributed by atoms with Crippen LogP contribution in [0.1, 0.15) is 30.5 Å². The molecule has 2 aromatic rings. The quantitative estimate of drug-likeness (QED) is 0.452. The summed E-state index contributed by atoms with van der Waals surface area (Å²) in [6.45, 7) is 3.42. The van der Waals surface area contributed by atoms with E-state index in [0.717, 1.165) is 16.7 Å². The van der Waals surface area contributed by atoms with E-state index in [1.54, 1.807) is 19.1 Å². The monoisotopic (exact) mass is 459 g/mol. The van der Waals surface area contributed by atoms with Crippen LogP contribution in [0.5, 0.6) is 0 Å². The van der Waals surface area contributed by atoms with E-state index in [4.69, 9.17) is 0 Å². The molecule has 0 bridgehead atoms. The number of aliphatic carboxylic acids is 1. The molecule has 0 aromatic heterocycles. The molecule has 9 heteroatoms. The number of likely N-dealkylation sites (N-methyl/N-ethyl adjacent to an activating group) is 1. The Bertz CT molecular complexity index is 1100. The van der Waals surface area contributed by atoms with E-state index in [1.807, 2.05) is 43.3 Å². The topological polar surface area (TPSA) is 116 Å². The summed E-state index contributed by atoms with van der Waals surface area (Å²) in [4.78, 5) is 50.1. The number of ketones is 1. The Hall–Kier alpha value is -2.94. The molecule has 0 aliphatic carbocycles. The van der Waals surface area contributed by atoms with E-state index >= 15 is 0 Å². The fraction of sp³-hybridized carbons (Fsp3) is 0.250. The van der Waals surface area contributed by atoms with E-state index in [-0.39, 0.29) is 36.0 Å². The Morgan fingerprint density at radius 2 is 1.73 bits per heavy atom. The normalized spacial score (nSPS) is 16.4. The van der Waals surface area contributed by atoms with Crippen molar-refractivity contribution in [3.63, 3.8) is 0 Å². The molecule has 33 heavy (non-hydrogen) atoms. The number of carbonyl (C=O) groups is 4. The molecule has 1 heterocycles. The molecule has 0 radical (unpaired) electrons. The third-order valence-corrected chi connectivity index (χ3v) is 5.43. The average molecular weight is 459 g/mol. The van der Waals surface area contributed by atoms with Crippen molar-refractivity contribution in [1.29, 1.82) is 0 Å². The number of hydrogen-bond acceptors (Lipinski definition) is 4. The van der Waals surface area contributed by atoms with Crippen molar-refractivity contribution in [1.82, 2.24) is 15.5 Å². The minimum absolute atomic E-state index is 0. The van der Waals surface area contributed by atoms with Gasteiger partial charge in [-0.15, -0.1) is 0 Å². The van der Waals surface area contributed by atoms with Crippen molar-refractivity contribution in [2.24, 2.45) is 0 Å². The first-order chi connectivity index (χ1) is 15.2. The van der Waals surface area contributed by atoms with Gasteiger partial charge in [-0.3, -0.25) is 14.4 Å². The van der Waals surface area contributed by atoms with Crippen LogP contribution in [0, 0.1) is 6.92 Å². The standard InChI is InChI=1S/C24H25N3O5.Na.H/c1-14-13-27(3)23(31)21(22(14)30)26-24(32)25-19(12-20(28)29)18-11-7-10-17(15(18)2)16-8-5-4-6-9-16;;/h4-11,13,19,21H,12H2,1-3H3,(H,28,29)(H2,25,26,32);;. The molecule has 0 saturated carbocycles. The predicted octanol–water partition coefficient (Wildman–Crippen LogP) is 2.14. The second-order valence-corrected chi connectivity index (χ2v) is 7.71. The van der Waals surface area contributed by atoms with E-state index in [9.17, 15) is 24.3 Å². The number of Topliss-reactive ketones (excluding diaryl/α,β-unsaturated/α-hetero) is 1. The number of benzene rings is 2. The van der Waals surface area contributed by atoms with E-state index < -0.39 is 35.8 Å². The first-order valence-corrected chi connectivity index (χ1v) is 10.1. The number of nitrogens with one attached hydrogen (secondary N) is 2. The molecule has 0 saturated heterocycles. The van der Waals surface area contributed by atoms with Crippen LogP contribution in [-0.2, 0) is 14.4 Å². The maximum absolute atomic E-state index is 12.7. The summed E-state index contributed by atoms with van der Waals surface area (Å²) in [6, 6.07) is 12.1. The van der Waals surface area contributed by atoms with Gasteiger partial charge in [-0.1, -0.05) is 48.5 Å². The Morgan fingerprint density at radius 3 is 2.36 bits per heavy atom. The molecule has 8 nitrogen and oxygen atoms in total. The Morgan fingerprint density at radius 1 is 1.06 bits per heavy atom. The first-order valence-electron chi connectivity index (χ1n) is 10.1. The van der Waals surface area contributed by atoms with Gasteiger partial charge in [0.15, 0.2) is 11.8 Å². The third-order valence-electron chi connectivity index (χ3n) is 5.43. The van der Waals surface area contributed by atoms with Gasteiger partial charge in [0.1, 0.15) is 0 Å². The van der Waals surface area contributed by atoms with Crippen molar-refractivity contribution in [2.45, 2.75) is 32.4 Å². The molecule has 0 fully saturated rings. The summed E-state index contributed by atoms with van der Waals surface area (Å²) in [7, 11) is 1.50. The number of hydrogen-bond donors (Lipinski definition) is 3. The maximum atomic E-state index is 12.7. The molecule has 168 valence electrons. The molecule has 3 N–H and O–H groups in total. The van der Waals surface area contributed by atoms with Gasteiger partial charge in [0.2, 0.25) is 0 Å². The average Bonchev–Trinajstić information content (AvgIpc) is 2.75. The van der Waals surface area contributed by atoms with E-state index in [1.165, 1.54) is 18.1 Å². The van der Waals surface area contributed by atoms with Crippen LogP contribution in [0.3, 0.4) is 0 Å². The Labute approximate surface area is 214 Å². The predicted molar refractivity (Wildman–Crippen MR) is 126 cm³/mol. The number of rotatable bonds is 6. The molecular weight excluding hydrogens is 433 g/mol. The SMILES string of the molecule is CC1=CN(C)C(=O)C(NC(=O)NC(CC(=O)O)c2cccc(-c3ccccc3)c2C)C1=O.[NaH]. The van der Waals surface area contributed by atoms with Gasteiger partial charge in [-0.25, -0.2) is 4.79 Å². The zero-order chi connectivity index (χ0) is 23.4. The van der Waals surface area contributed by atoms with Gasteiger partial charge >= 0.3 is 41.6 Å². The van der Waals surface area contributed by atoms with Gasteiger partial charge in [-0.2, -0.15) is 0 Å². The Kier molecular flexibility index (Phi) is 8.99. The summed E-state index contributed by atoms with van der Waals surface area (Å²) in [5.74, 6) is -2.16. The summed E-state index contributed by atoms with van der Waals surface area (Å²) in [5, 5.41) is 14.4. The first kappa shape index (κ1) is 26.3. The summed E-state index contributed by atoms with van der Waals surface area (Å²) in [6.07, 6.45) is 1.05. The Balaban J connectivity index is 0.00000385. The number of carboxylic acid groups (broad SMARTS) is 1. The minimum atomic E-state index is -1.35. The molecular formula is C24H26N3NaO5. The third kappa shape index (κ3) is 6.10. The van der Waals surface area contributed by atoms with E-state index in [0.29, 0.717) is 11.1 Å². The summed E-state index contributed by atoms with van der Waals surface area (Å²) < 4.78 is 0. The van der Waals surface area contributed by atoms with Crippen LogP contribution in [-0.4, -0.2) is 76.3 Å². The van der Waals surface area contributed by atoms with Crippen LogP contribution in [0.4, 0.5) is 4.79 Å². The van der Waals surface area contributed by atoms with Crippen LogP contribution in [0.15, 0.2) is 60.3 Å². The molecule has 2 aromatic carbocycles. The molecule has 3 amide bonds. The van der Waals surface area contributed by atoms with Gasteiger partial charge in [0.25, 0.3) is 5.91 Å².